The minimum Gasteiger partial charge on any atom is -0.261 e. The zero-order valence-electron chi connectivity index (χ0n) is 9.70. The van der Waals surface area contributed by atoms with Gasteiger partial charge in [-0.05, 0) is 55.6 Å². The van der Waals surface area contributed by atoms with E-state index < -0.39 is 0 Å². The third kappa shape index (κ3) is 1.98. The smallest absolute Gasteiger partial charge is 0.0447 e. The molecule has 2 saturated carbocycles. The first-order chi connectivity index (χ1) is 7.74. The van der Waals surface area contributed by atoms with Gasteiger partial charge >= 0.3 is 0 Å². The molecule has 2 aliphatic carbocycles. The zero-order chi connectivity index (χ0) is 11.1. The summed E-state index contributed by atoms with van der Waals surface area (Å²) in [5.41, 5.74) is 2.46. The van der Waals surface area contributed by atoms with Crippen molar-refractivity contribution in [2.45, 2.75) is 38.0 Å². The van der Waals surface area contributed by atoms with Gasteiger partial charge in [-0.1, -0.05) is 6.07 Å². The molecule has 3 rings (SSSR count). The third-order valence-corrected chi connectivity index (χ3v) is 4.81. The molecule has 1 aromatic rings. The fraction of sp³-hybridized carbons (Fsp3) is 0.643. The van der Waals surface area contributed by atoms with Crippen LogP contribution in [0, 0.1) is 24.7 Å². The Morgan fingerprint density at radius 1 is 1.38 bits per heavy atom. The summed E-state index contributed by atoms with van der Waals surface area (Å²) in [6.45, 7) is 2.12. The molecule has 16 heavy (non-hydrogen) atoms. The van der Waals surface area contributed by atoms with Crippen molar-refractivity contribution in [2.24, 2.45) is 17.8 Å². The molecular weight excluding hydrogens is 218 g/mol. The van der Waals surface area contributed by atoms with Crippen LogP contribution in [-0.4, -0.2) is 10.4 Å². The minimum atomic E-state index is 0.293. The first kappa shape index (κ1) is 10.6. The third-order valence-electron chi connectivity index (χ3n) is 4.30. The lowest BCUT2D eigenvalue weighted by Gasteiger charge is -2.18. The summed E-state index contributed by atoms with van der Waals surface area (Å²) in [6, 6.07) is 4.12. The number of aryl methyl sites for hydroxylation is 1. The Morgan fingerprint density at radius 2 is 2.12 bits per heavy atom. The second-order valence-electron chi connectivity index (χ2n) is 5.47. The number of pyridine rings is 1. The zero-order valence-corrected chi connectivity index (χ0v) is 10.5. The predicted octanol–water partition coefficient (Wildman–Crippen LogP) is 3.59. The van der Waals surface area contributed by atoms with Gasteiger partial charge < -0.3 is 0 Å². The Kier molecular flexibility index (Phi) is 2.67. The molecule has 0 aromatic carbocycles. The number of alkyl halides is 1. The first-order valence-electron chi connectivity index (χ1n) is 6.28. The van der Waals surface area contributed by atoms with E-state index in [-0.39, 0.29) is 0 Å². The molecule has 2 aliphatic rings. The number of nitrogens with zero attached hydrogens (tertiary/aromatic N) is 1. The maximum Gasteiger partial charge on any atom is 0.0447 e. The van der Waals surface area contributed by atoms with Gasteiger partial charge in [-0.2, -0.15) is 0 Å². The molecule has 1 nitrogen and oxygen atoms in total. The van der Waals surface area contributed by atoms with E-state index in [2.05, 4.69) is 18.0 Å². The van der Waals surface area contributed by atoms with Crippen LogP contribution in [0.4, 0.5) is 0 Å². The maximum atomic E-state index is 6.54. The van der Waals surface area contributed by atoms with E-state index in [0.29, 0.717) is 5.38 Å². The van der Waals surface area contributed by atoms with Crippen LogP contribution in [-0.2, 0) is 6.42 Å². The normalized spacial score (nSPS) is 33.5. The van der Waals surface area contributed by atoms with E-state index in [1.54, 1.807) is 0 Å². The molecule has 1 aromatic heterocycles. The molecule has 3 atom stereocenters. The topological polar surface area (TPSA) is 12.9 Å². The lowest BCUT2D eigenvalue weighted by Crippen LogP contribution is -2.17. The van der Waals surface area contributed by atoms with E-state index in [1.807, 2.05) is 12.3 Å². The van der Waals surface area contributed by atoms with Gasteiger partial charge in [-0.3, -0.25) is 4.98 Å². The monoisotopic (exact) mass is 235 g/mol. The molecule has 0 saturated heterocycles. The molecule has 0 bridgehead atoms. The van der Waals surface area contributed by atoms with Crippen LogP contribution in [0.5, 0.6) is 0 Å². The van der Waals surface area contributed by atoms with Crippen molar-refractivity contribution in [3.8, 4) is 0 Å². The highest BCUT2D eigenvalue weighted by Crippen LogP contribution is 2.56. The molecule has 2 heteroatoms. The van der Waals surface area contributed by atoms with Crippen molar-refractivity contribution < 1.29 is 0 Å². The van der Waals surface area contributed by atoms with Crippen molar-refractivity contribution in [3.05, 3.63) is 29.6 Å². The van der Waals surface area contributed by atoms with Crippen molar-refractivity contribution in [1.29, 1.82) is 0 Å². The standard InChI is InChI=1S/C14H18ClN/c1-9-3-2-4-16-14(9)8-13(15)12-6-10-5-11(10)7-12/h2-4,10-13H,5-8H2,1H3. The van der Waals surface area contributed by atoms with Gasteiger partial charge in [0.15, 0.2) is 0 Å². The Labute approximate surface area is 102 Å². The average molecular weight is 236 g/mol. The van der Waals surface area contributed by atoms with E-state index in [1.165, 1.54) is 30.5 Å². The average Bonchev–Trinajstić information content (AvgIpc) is 2.89. The van der Waals surface area contributed by atoms with Crippen molar-refractivity contribution in [2.75, 3.05) is 0 Å². The summed E-state index contributed by atoms with van der Waals surface area (Å²) in [6.07, 6.45) is 7.02. The Morgan fingerprint density at radius 3 is 2.81 bits per heavy atom. The second-order valence-corrected chi connectivity index (χ2v) is 6.04. The van der Waals surface area contributed by atoms with Crippen LogP contribution in [0.1, 0.15) is 30.5 Å². The number of hydrogen-bond acceptors (Lipinski definition) is 1. The van der Waals surface area contributed by atoms with Gasteiger partial charge in [0.2, 0.25) is 0 Å². The molecule has 1 heterocycles. The highest BCUT2D eigenvalue weighted by molar-refractivity contribution is 6.20. The van der Waals surface area contributed by atoms with Gasteiger partial charge in [0, 0.05) is 23.7 Å². The lowest BCUT2D eigenvalue weighted by atomic mass is 9.95. The number of hydrogen-bond donors (Lipinski definition) is 0. The molecule has 0 N–H and O–H groups in total. The lowest BCUT2D eigenvalue weighted by molar-refractivity contribution is 0.458. The quantitative estimate of drug-likeness (QED) is 0.730. The van der Waals surface area contributed by atoms with Gasteiger partial charge in [-0.25, -0.2) is 0 Å². The van der Waals surface area contributed by atoms with E-state index in [9.17, 15) is 0 Å². The largest absolute Gasteiger partial charge is 0.261 e. The fourth-order valence-corrected chi connectivity index (χ4v) is 3.49. The Balaban J connectivity index is 1.64. The van der Waals surface area contributed by atoms with Crippen LogP contribution in [0.15, 0.2) is 18.3 Å². The molecular formula is C14H18ClN. The summed E-state index contributed by atoms with van der Waals surface area (Å²) in [4.78, 5) is 4.44. The van der Waals surface area contributed by atoms with E-state index >= 15 is 0 Å². The number of rotatable bonds is 3. The second kappa shape index (κ2) is 4.03. The molecule has 2 fully saturated rings. The molecule has 3 unspecified atom stereocenters. The van der Waals surface area contributed by atoms with Crippen molar-refractivity contribution in [1.82, 2.24) is 4.98 Å². The summed E-state index contributed by atoms with van der Waals surface area (Å²) in [5, 5.41) is 0.293. The maximum absolute atomic E-state index is 6.54. The van der Waals surface area contributed by atoms with Crippen LogP contribution in [0.3, 0.4) is 0 Å². The van der Waals surface area contributed by atoms with Crippen molar-refractivity contribution >= 4 is 11.6 Å². The van der Waals surface area contributed by atoms with Gasteiger partial charge in [0.25, 0.3) is 0 Å². The first-order valence-corrected chi connectivity index (χ1v) is 6.72. The SMILES string of the molecule is Cc1cccnc1CC(Cl)C1CC2CC2C1. The van der Waals surface area contributed by atoms with E-state index in [4.69, 9.17) is 11.6 Å². The molecule has 0 aliphatic heterocycles. The predicted molar refractivity (Wildman–Crippen MR) is 66.6 cm³/mol. The summed E-state index contributed by atoms with van der Waals surface area (Å²) >= 11 is 6.54. The van der Waals surface area contributed by atoms with Gasteiger partial charge in [0.05, 0.1) is 0 Å². The number of aromatic nitrogens is 1. The molecule has 86 valence electrons. The van der Waals surface area contributed by atoms with Crippen molar-refractivity contribution in [3.63, 3.8) is 0 Å². The summed E-state index contributed by atoms with van der Waals surface area (Å²) in [5.74, 6) is 2.79. The highest BCUT2D eigenvalue weighted by atomic mass is 35.5. The van der Waals surface area contributed by atoms with Gasteiger partial charge in [0.1, 0.15) is 0 Å². The van der Waals surface area contributed by atoms with E-state index in [0.717, 1.165) is 24.2 Å². The number of fused-ring (bicyclic) bond motifs is 1. The molecule has 0 amide bonds. The number of halogens is 1. The Bertz CT molecular complexity index is 380. The minimum absolute atomic E-state index is 0.293. The highest BCUT2D eigenvalue weighted by Gasteiger charge is 2.47. The summed E-state index contributed by atoms with van der Waals surface area (Å²) in [7, 11) is 0. The summed E-state index contributed by atoms with van der Waals surface area (Å²) < 4.78 is 0. The van der Waals surface area contributed by atoms with Crippen LogP contribution < -0.4 is 0 Å². The van der Waals surface area contributed by atoms with Crippen LogP contribution in [0.2, 0.25) is 0 Å². The van der Waals surface area contributed by atoms with Crippen LogP contribution >= 0.6 is 11.6 Å². The molecule has 0 radical (unpaired) electrons. The Hall–Kier alpha value is -0.560. The van der Waals surface area contributed by atoms with Gasteiger partial charge in [-0.15, -0.1) is 11.6 Å². The fourth-order valence-electron chi connectivity index (χ4n) is 3.14. The molecule has 0 spiro atoms. The van der Waals surface area contributed by atoms with Crippen LogP contribution in [0.25, 0.3) is 0 Å².